The van der Waals surface area contributed by atoms with Crippen molar-refractivity contribution in [1.82, 2.24) is 28.5 Å². The third-order valence-corrected chi connectivity index (χ3v) is 4.16. The Balaban J connectivity index is 2.01. The van der Waals surface area contributed by atoms with E-state index in [2.05, 4.69) is 21.8 Å². The number of hydrogen-bond acceptors (Lipinski definition) is 5. The van der Waals surface area contributed by atoms with Crippen LogP contribution in [0, 0.1) is 0 Å². The Morgan fingerprint density at radius 3 is 2.38 bits per heavy atom. The molecule has 0 aliphatic carbocycles. The van der Waals surface area contributed by atoms with Gasteiger partial charge in [0.15, 0.2) is 11.2 Å². The summed E-state index contributed by atoms with van der Waals surface area (Å²) in [6.07, 6.45) is 1.64. The first-order valence-corrected chi connectivity index (χ1v) is 7.01. The van der Waals surface area contributed by atoms with Crippen LogP contribution in [0.2, 0.25) is 0 Å². The second-order valence-corrected chi connectivity index (χ2v) is 5.66. The molecule has 0 amide bonds. The van der Waals surface area contributed by atoms with Crippen LogP contribution in [-0.2, 0) is 20.8 Å². The summed E-state index contributed by atoms with van der Waals surface area (Å²) in [6.45, 7) is 4.62. The van der Waals surface area contributed by atoms with Crippen molar-refractivity contribution >= 4 is 11.2 Å². The van der Waals surface area contributed by atoms with Crippen LogP contribution in [0.1, 0.15) is 0 Å². The Bertz CT molecular complexity index is 778. The molecule has 0 N–H and O–H groups in total. The lowest BCUT2D eigenvalue weighted by Gasteiger charge is -2.32. The average Bonchev–Trinajstić information content (AvgIpc) is 2.89. The number of aromatic nitrogens is 4. The van der Waals surface area contributed by atoms with Gasteiger partial charge in [-0.3, -0.25) is 18.8 Å². The van der Waals surface area contributed by atoms with Crippen molar-refractivity contribution in [3.63, 3.8) is 0 Å². The first-order chi connectivity index (χ1) is 9.99. The Kier molecular flexibility index (Phi) is 3.42. The normalized spacial score (nSPS) is 17.7. The summed E-state index contributed by atoms with van der Waals surface area (Å²) in [5.41, 5.74) is 0.258. The molecule has 0 radical (unpaired) electrons. The van der Waals surface area contributed by atoms with E-state index in [1.807, 2.05) is 4.57 Å². The molecule has 3 heterocycles. The van der Waals surface area contributed by atoms with Gasteiger partial charge >= 0.3 is 5.69 Å². The molecule has 1 aliphatic heterocycles. The minimum atomic E-state index is -0.342. The van der Waals surface area contributed by atoms with Gasteiger partial charge < -0.3 is 9.47 Å². The molecule has 1 saturated heterocycles. The molecule has 0 aromatic carbocycles. The van der Waals surface area contributed by atoms with Gasteiger partial charge in [0.2, 0.25) is 0 Å². The van der Waals surface area contributed by atoms with Crippen LogP contribution in [0.15, 0.2) is 15.9 Å². The van der Waals surface area contributed by atoms with E-state index in [0.717, 1.165) is 30.7 Å². The topological polar surface area (TPSA) is 68.3 Å². The molecule has 0 bridgehead atoms. The molecule has 0 saturated carbocycles. The lowest BCUT2D eigenvalue weighted by atomic mass is 10.3. The molecule has 114 valence electrons. The molecule has 8 nitrogen and oxygen atoms in total. The maximum Gasteiger partial charge on any atom is 0.332 e. The van der Waals surface area contributed by atoms with Crippen LogP contribution < -0.4 is 11.2 Å². The van der Waals surface area contributed by atoms with Crippen LogP contribution in [0.25, 0.3) is 11.2 Å². The highest BCUT2D eigenvalue weighted by Crippen LogP contribution is 2.08. The van der Waals surface area contributed by atoms with Crippen molar-refractivity contribution in [2.24, 2.45) is 14.1 Å². The van der Waals surface area contributed by atoms with E-state index in [-0.39, 0.29) is 11.2 Å². The van der Waals surface area contributed by atoms with Crippen molar-refractivity contribution in [3.05, 3.63) is 27.2 Å². The smallest absolute Gasteiger partial charge is 0.304 e. The molecule has 21 heavy (non-hydrogen) atoms. The molecule has 0 atom stereocenters. The summed E-state index contributed by atoms with van der Waals surface area (Å²) in [7, 11) is 5.26. The van der Waals surface area contributed by atoms with Gasteiger partial charge in [0, 0.05) is 40.3 Å². The molecule has 1 aliphatic rings. The van der Waals surface area contributed by atoms with E-state index in [1.54, 1.807) is 13.4 Å². The predicted molar refractivity (Wildman–Crippen MR) is 79.3 cm³/mol. The van der Waals surface area contributed by atoms with Crippen LogP contribution >= 0.6 is 0 Å². The number of fused-ring (bicyclic) bond motifs is 1. The third kappa shape index (κ3) is 2.30. The van der Waals surface area contributed by atoms with E-state index in [9.17, 15) is 9.59 Å². The summed E-state index contributed by atoms with van der Waals surface area (Å²) in [5, 5.41) is 0. The molecule has 2 aromatic rings. The fraction of sp³-hybridized carbons (Fsp3) is 0.615. The van der Waals surface area contributed by atoms with E-state index < -0.39 is 0 Å². The Morgan fingerprint density at radius 2 is 1.71 bits per heavy atom. The Morgan fingerprint density at radius 1 is 1.05 bits per heavy atom. The summed E-state index contributed by atoms with van der Waals surface area (Å²) in [4.78, 5) is 32.9. The maximum absolute atomic E-state index is 12.1. The monoisotopic (exact) mass is 292 g/mol. The van der Waals surface area contributed by atoms with Gasteiger partial charge in [0.05, 0.1) is 13.0 Å². The molecule has 1 fully saturated rings. The van der Waals surface area contributed by atoms with Crippen LogP contribution in [0.3, 0.4) is 0 Å². The van der Waals surface area contributed by atoms with Gasteiger partial charge in [0.25, 0.3) is 5.56 Å². The number of imidazole rings is 1. The van der Waals surface area contributed by atoms with Crippen LogP contribution in [-0.4, -0.2) is 61.7 Å². The summed E-state index contributed by atoms with van der Waals surface area (Å²) >= 11 is 0. The highest BCUT2D eigenvalue weighted by Gasteiger charge is 2.18. The van der Waals surface area contributed by atoms with Crippen molar-refractivity contribution < 1.29 is 0 Å². The minimum absolute atomic E-state index is 0.326. The first kappa shape index (κ1) is 14.0. The standard InChI is InChI=1S/C13H20N6O2/c1-15-4-6-18(7-5-15)9-19-8-14-10-11(19)16(2)13(21)17(3)12(10)20/h8H,4-7,9H2,1-3H3. The van der Waals surface area contributed by atoms with Crippen molar-refractivity contribution in [1.29, 1.82) is 0 Å². The Hall–Kier alpha value is -1.93. The summed E-state index contributed by atoms with van der Waals surface area (Å²) < 4.78 is 4.46. The zero-order valence-corrected chi connectivity index (χ0v) is 12.6. The van der Waals surface area contributed by atoms with Gasteiger partial charge in [-0.1, -0.05) is 0 Å². The van der Waals surface area contributed by atoms with Gasteiger partial charge in [-0.05, 0) is 7.05 Å². The lowest BCUT2D eigenvalue weighted by Crippen LogP contribution is -2.45. The number of likely N-dealkylation sites (N-methyl/N-ethyl adjacent to an activating group) is 1. The van der Waals surface area contributed by atoms with Crippen molar-refractivity contribution in [2.45, 2.75) is 6.67 Å². The SMILES string of the molecule is CN1CCN(Cn2cnc3c(=O)n(C)c(=O)n(C)c32)CC1. The lowest BCUT2D eigenvalue weighted by molar-refractivity contribution is 0.126. The Labute approximate surface area is 121 Å². The highest BCUT2D eigenvalue weighted by atomic mass is 16.2. The van der Waals surface area contributed by atoms with Gasteiger partial charge in [0.1, 0.15) is 0 Å². The maximum atomic E-state index is 12.1. The fourth-order valence-corrected chi connectivity index (χ4v) is 2.75. The summed E-state index contributed by atoms with van der Waals surface area (Å²) in [6, 6.07) is 0. The van der Waals surface area contributed by atoms with Gasteiger partial charge in [-0.15, -0.1) is 0 Å². The highest BCUT2D eigenvalue weighted by molar-refractivity contribution is 5.69. The van der Waals surface area contributed by atoms with E-state index in [0.29, 0.717) is 17.8 Å². The van der Waals surface area contributed by atoms with E-state index in [4.69, 9.17) is 0 Å². The predicted octanol–water partition coefficient (Wildman–Crippen LogP) is -1.36. The van der Waals surface area contributed by atoms with Gasteiger partial charge in [-0.2, -0.15) is 0 Å². The van der Waals surface area contributed by atoms with E-state index >= 15 is 0 Å². The number of hydrogen-bond donors (Lipinski definition) is 0. The first-order valence-electron chi connectivity index (χ1n) is 7.01. The van der Waals surface area contributed by atoms with E-state index in [1.165, 1.54) is 11.6 Å². The zero-order chi connectivity index (χ0) is 15.1. The van der Waals surface area contributed by atoms with Crippen molar-refractivity contribution in [3.8, 4) is 0 Å². The number of nitrogens with zero attached hydrogens (tertiary/aromatic N) is 6. The molecule has 3 rings (SSSR count). The minimum Gasteiger partial charge on any atom is -0.304 e. The molecular weight excluding hydrogens is 272 g/mol. The largest absolute Gasteiger partial charge is 0.332 e. The van der Waals surface area contributed by atoms with Crippen LogP contribution in [0.5, 0.6) is 0 Å². The molecular formula is C13H20N6O2. The fourth-order valence-electron chi connectivity index (χ4n) is 2.75. The number of piperazine rings is 1. The van der Waals surface area contributed by atoms with Crippen LogP contribution in [0.4, 0.5) is 0 Å². The van der Waals surface area contributed by atoms with Crippen molar-refractivity contribution in [2.75, 3.05) is 33.2 Å². The number of aryl methyl sites for hydroxylation is 1. The molecule has 8 heteroatoms. The summed E-state index contributed by atoms with van der Waals surface area (Å²) in [5.74, 6) is 0. The average molecular weight is 292 g/mol. The van der Waals surface area contributed by atoms with Gasteiger partial charge in [-0.25, -0.2) is 9.78 Å². The third-order valence-electron chi connectivity index (χ3n) is 4.16. The molecule has 0 spiro atoms. The second-order valence-electron chi connectivity index (χ2n) is 5.66. The molecule has 2 aromatic heterocycles. The number of rotatable bonds is 2. The molecule has 0 unspecified atom stereocenters. The zero-order valence-electron chi connectivity index (χ0n) is 12.6. The quantitative estimate of drug-likeness (QED) is 0.684. The second kappa shape index (κ2) is 5.12.